The number of pyridine rings is 1. The number of ether oxygens (including phenoxy) is 3. The van der Waals surface area contributed by atoms with Gasteiger partial charge in [-0.2, -0.15) is 4.98 Å². The molecule has 0 bridgehead atoms. The van der Waals surface area contributed by atoms with Crippen LogP contribution in [-0.2, 0) is 0 Å². The molecule has 3 heterocycles. The van der Waals surface area contributed by atoms with E-state index in [9.17, 15) is 4.79 Å². The van der Waals surface area contributed by atoms with Gasteiger partial charge in [-0.15, -0.1) is 0 Å². The fourth-order valence-electron chi connectivity index (χ4n) is 2.77. The lowest BCUT2D eigenvalue weighted by molar-refractivity contribution is 0.0522. The molecule has 132 valence electrons. The second kappa shape index (κ2) is 7.78. The summed E-state index contributed by atoms with van der Waals surface area (Å²) in [5.74, 6) is 0.653. The third kappa shape index (κ3) is 3.96. The molecule has 2 aromatic heterocycles. The van der Waals surface area contributed by atoms with E-state index in [1.165, 1.54) is 14.2 Å². The number of carbonyl (C=O) groups excluding carboxylic acids is 1. The van der Waals surface area contributed by atoms with Crippen LogP contribution in [0.1, 0.15) is 23.2 Å². The summed E-state index contributed by atoms with van der Waals surface area (Å²) in [6, 6.07) is 5.36. The minimum Gasteiger partial charge on any atom is -0.480 e. The number of methoxy groups -OCH3 is 2. The van der Waals surface area contributed by atoms with Crippen molar-refractivity contribution in [2.45, 2.75) is 18.9 Å². The second-order valence-corrected chi connectivity index (χ2v) is 5.58. The molecule has 1 unspecified atom stereocenters. The zero-order valence-electron chi connectivity index (χ0n) is 14.2. The first-order valence-electron chi connectivity index (χ1n) is 8.03. The molecular formula is C17H20N4O4. The van der Waals surface area contributed by atoms with Gasteiger partial charge in [-0.3, -0.25) is 4.79 Å². The Hall–Kier alpha value is -2.90. The Morgan fingerprint density at radius 3 is 2.88 bits per heavy atom. The van der Waals surface area contributed by atoms with Gasteiger partial charge in [0.1, 0.15) is 11.7 Å². The van der Waals surface area contributed by atoms with Gasteiger partial charge in [0.2, 0.25) is 11.8 Å². The van der Waals surface area contributed by atoms with Crippen LogP contribution in [0.5, 0.6) is 17.8 Å². The topological polar surface area (TPSA) is 86.7 Å². The van der Waals surface area contributed by atoms with Crippen LogP contribution in [0.4, 0.5) is 0 Å². The third-order valence-corrected chi connectivity index (χ3v) is 3.94. The second-order valence-electron chi connectivity index (χ2n) is 5.58. The first-order valence-corrected chi connectivity index (χ1v) is 8.03. The number of nitrogens with zero attached hydrogens (tertiary/aromatic N) is 4. The predicted molar refractivity (Wildman–Crippen MR) is 88.9 cm³/mol. The molecule has 1 amide bonds. The molecule has 1 fully saturated rings. The first kappa shape index (κ1) is 16.9. The number of likely N-dealkylation sites (tertiary alicyclic amines) is 1. The maximum Gasteiger partial charge on any atom is 0.319 e. The summed E-state index contributed by atoms with van der Waals surface area (Å²) in [4.78, 5) is 26.7. The summed E-state index contributed by atoms with van der Waals surface area (Å²) in [7, 11) is 3.01. The van der Waals surface area contributed by atoms with Crippen LogP contribution in [-0.4, -0.2) is 59.2 Å². The minimum atomic E-state index is -0.139. The summed E-state index contributed by atoms with van der Waals surface area (Å²) >= 11 is 0. The van der Waals surface area contributed by atoms with Gasteiger partial charge in [0.15, 0.2) is 0 Å². The van der Waals surface area contributed by atoms with E-state index in [4.69, 9.17) is 14.2 Å². The Bertz CT molecular complexity index is 740. The molecule has 8 nitrogen and oxygen atoms in total. The lowest BCUT2D eigenvalue weighted by Gasteiger charge is -2.32. The van der Waals surface area contributed by atoms with Crippen LogP contribution in [0.15, 0.2) is 30.6 Å². The number of aromatic nitrogens is 3. The Morgan fingerprint density at radius 1 is 1.20 bits per heavy atom. The monoisotopic (exact) mass is 344 g/mol. The van der Waals surface area contributed by atoms with E-state index >= 15 is 0 Å². The predicted octanol–water partition coefficient (Wildman–Crippen LogP) is 1.57. The Labute approximate surface area is 145 Å². The maximum absolute atomic E-state index is 12.8. The number of rotatable bonds is 5. The number of hydrogen-bond donors (Lipinski definition) is 0. The summed E-state index contributed by atoms with van der Waals surface area (Å²) < 4.78 is 16.1. The molecule has 0 aliphatic carbocycles. The Balaban J connectivity index is 1.69. The summed E-state index contributed by atoms with van der Waals surface area (Å²) in [5.41, 5.74) is 0.453. The Kier molecular flexibility index (Phi) is 5.27. The fraction of sp³-hybridized carbons (Fsp3) is 0.412. The molecule has 1 atom stereocenters. The van der Waals surface area contributed by atoms with Crippen molar-refractivity contribution in [2.75, 3.05) is 27.3 Å². The molecule has 0 N–H and O–H groups in total. The minimum absolute atomic E-state index is 0.112. The van der Waals surface area contributed by atoms with E-state index in [-0.39, 0.29) is 18.0 Å². The average Bonchev–Trinajstić information content (AvgIpc) is 2.67. The molecule has 0 radical (unpaired) electrons. The lowest BCUT2D eigenvalue weighted by atomic mass is 10.1. The van der Waals surface area contributed by atoms with Gasteiger partial charge in [0.25, 0.3) is 5.91 Å². The molecule has 3 rings (SSSR count). The Morgan fingerprint density at radius 2 is 2.08 bits per heavy atom. The van der Waals surface area contributed by atoms with E-state index in [1.54, 1.807) is 35.5 Å². The fourth-order valence-corrected chi connectivity index (χ4v) is 2.77. The SMILES string of the molecule is COc1nccc(OC2CCCN(C(=O)c3cccnc3OC)C2)n1. The number of carbonyl (C=O) groups is 1. The van der Waals surface area contributed by atoms with Crippen molar-refractivity contribution < 1.29 is 19.0 Å². The maximum atomic E-state index is 12.8. The normalized spacial score (nSPS) is 17.0. The van der Waals surface area contributed by atoms with Crippen LogP contribution in [0.2, 0.25) is 0 Å². The first-order chi connectivity index (χ1) is 12.2. The smallest absolute Gasteiger partial charge is 0.319 e. The van der Waals surface area contributed by atoms with Gasteiger partial charge < -0.3 is 19.1 Å². The largest absolute Gasteiger partial charge is 0.480 e. The molecule has 1 aliphatic rings. The lowest BCUT2D eigenvalue weighted by Crippen LogP contribution is -2.44. The van der Waals surface area contributed by atoms with Crippen LogP contribution in [0.25, 0.3) is 0 Å². The van der Waals surface area contributed by atoms with Crippen molar-refractivity contribution in [3.63, 3.8) is 0 Å². The highest BCUT2D eigenvalue weighted by atomic mass is 16.5. The highest BCUT2D eigenvalue weighted by molar-refractivity contribution is 5.96. The van der Waals surface area contributed by atoms with Gasteiger partial charge in [0.05, 0.1) is 20.8 Å². The van der Waals surface area contributed by atoms with E-state index in [2.05, 4.69) is 15.0 Å². The van der Waals surface area contributed by atoms with E-state index < -0.39 is 0 Å². The van der Waals surface area contributed by atoms with Gasteiger partial charge in [-0.1, -0.05) is 0 Å². The molecule has 1 saturated heterocycles. The molecule has 0 spiro atoms. The molecule has 0 saturated carbocycles. The standard InChI is InChI=1S/C17H20N4O4/c1-23-15-13(6-3-8-18-15)16(22)21-10-4-5-12(11-21)25-14-7-9-19-17(20-14)24-2/h3,6-9,12H,4-5,10-11H2,1-2H3. The highest BCUT2D eigenvalue weighted by Gasteiger charge is 2.27. The summed E-state index contributed by atoms with van der Waals surface area (Å²) in [6.45, 7) is 1.15. The molecule has 8 heteroatoms. The van der Waals surface area contributed by atoms with Gasteiger partial charge >= 0.3 is 6.01 Å². The molecule has 0 aromatic carbocycles. The molecular weight excluding hydrogens is 324 g/mol. The van der Waals surface area contributed by atoms with Crippen LogP contribution in [0, 0.1) is 0 Å². The summed E-state index contributed by atoms with van der Waals surface area (Å²) in [6.07, 6.45) is 4.73. The van der Waals surface area contributed by atoms with Crippen molar-refractivity contribution in [1.82, 2.24) is 19.9 Å². The quantitative estimate of drug-likeness (QED) is 0.813. The van der Waals surface area contributed by atoms with Crippen LogP contribution < -0.4 is 14.2 Å². The van der Waals surface area contributed by atoms with Crippen molar-refractivity contribution in [2.24, 2.45) is 0 Å². The van der Waals surface area contributed by atoms with Crippen molar-refractivity contribution in [1.29, 1.82) is 0 Å². The summed E-state index contributed by atoms with van der Waals surface area (Å²) in [5, 5.41) is 0. The number of piperidine rings is 1. The van der Waals surface area contributed by atoms with E-state index in [0.717, 1.165) is 12.8 Å². The zero-order valence-corrected chi connectivity index (χ0v) is 14.2. The highest BCUT2D eigenvalue weighted by Crippen LogP contribution is 2.22. The third-order valence-electron chi connectivity index (χ3n) is 3.94. The zero-order chi connectivity index (χ0) is 17.6. The van der Waals surface area contributed by atoms with Gasteiger partial charge in [-0.25, -0.2) is 9.97 Å². The van der Waals surface area contributed by atoms with Crippen LogP contribution >= 0.6 is 0 Å². The van der Waals surface area contributed by atoms with Crippen molar-refractivity contribution in [3.8, 4) is 17.8 Å². The van der Waals surface area contributed by atoms with Gasteiger partial charge in [0, 0.05) is 25.0 Å². The van der Waals surface area contributed by atoms with Crippen molar-refractivity contribution >= 4 is 5.91 Å². The number of amides is 1. The molecule has 25 heavy (non-hydrogen) atoms. The molecule has 2 aromatic rings. The van der Waals surface area contributed by atoms with Crippen LogP contribution in [0.3, 0.4) is 0 Å². The van der Waals surface area contributed by atoms with E-state index in [0.29, 0.717) is 30.4 Å². The molecule has 1 aliphatic heterocycles. The van der Waals surface area contributed by atoms with Gasteiger partial charge in [-0.05, 0) is 25.0 Å². The van der Waals surface area contributed by atoms with E-state index in [1.807, 2.05) is 0 Å². The number of hydrogen-bond acceptors (Lipinski definition) is 7. The average molecular weight is 344 g/mol. The van der Waals surface area contributed by atoms with Crippen molar-refractivity contribution in [3.05, 3.63) is 36.2 Å².